The summed E-state index contributed by atoms with van der Waals surface area (Å²) in [5, 5.41) is 0. The molecule has 0 bridgehead atoms. The number of alkyl halides is 1. The predicted octanol–water partition coefficient (Wildman–Crippen LogP) is 3.42. The second-order valence-corrected chi connectivity index (χ2v) is 3.34. The van der Waals surface area contributed by atoms with Gasteiger partial charge in [0.15, 0.2) is 0 Å². The van der Waals surface area contributed by atoms with Crippen LogP contribution < -0.4 is 4.74 Å². The molecular formula is C12H15ClO. The Balaban J connectivity index is 2.57. The van der Waals surface area contributed by atoms with E-state index in [1.807, 2.05) is 18.2 Å². The van der Waals surface area contributed by atoms with E-state index in [9.17, 15) is 0 Å². The summed E-state index contributed by atoms with van der Waals surface area (Å²) in [5.41, 5.74) is 1.21. The van der Waals surface area contributed by atoms with Crippen molar-refractivity contribution in [3.63, 3.8) is 0 Å². The van der Waals surface area contributed by atoms with Gasteiger partial charge in [0.1, 0.15) is 5.75 Å². The molecule has 0 atom stereocenters. The number of hydrogen-bond donors (Lipinski definition) is 0. The number of methoxy groups -OCH3 is 1. The van der Waals surface area contributed by atoms with E-state index in [4.69, 9.17) is 16.3 Å². The molecule has 0 saturated heterocycles. The fraction of sp³-hybridized carbons (Fsp3) is 0.333. The van der Waals surface area contributed by atoms with Crippen molar-refractivity contribution in [2.45, 2.75) is 12.8 Å². The van der Waals surface area contributed by atoms with Crippen LogP contribution in [0, 0.1) is 0 Å². The first-order valence-electron chi connectivity index (χ1n) is 4.71. The van der Waals surface area contributed by atoms with Gasteiger partial charge in [-0.2, -0.15) is 0 Å². The molecule has 0 aromatic heterocycles. The van der Waals surface area contributed by atoms with Crippen molar-refractivity contribution in [2.24, 2.45) is 0 Å². The molecule has 0 aliphatic heterocycles. The summed E-state index contributed by atoms with van der Waals surface area (Å²) in [6.07, 6.45) is 6.05. The third-order valence-electron chi connectivity index (χ3n) is 1.97. The monoisotopic (exact) mass is 210 g/mol. The second kappa shape index (κ2) is 6.50. The summed E-state index contributed by atoms with van der Waals surface area (Å²) in [4.78, 5) is 0. The van der Waals surface area contributed by atoms with Crippen molar-refractivity contribution in [1.82, 2.24) is 0 Å². The lowest BCUT2D eigenvalue weighted by Crippen LogP contribution is -1.89. The van der Waals surface area contributed by atoms with Gasteiger partial charge in [0.2, 0.25) is 0 Å². The molecule has 0 spiro atoms. The number of hydrogen-bond acceptors (Lipinski definition) is 1. The van der Waals surface area contributed by atoms with Gasteiger partial charge in [-0.05, 0) is 24.5 Å². The lowest BCUT2D eigenvalue weighted by Gasteiger charge is -2.04. The molecule has 0 heterocycles. The third-order valence-corrected chi connectivity index (χ3v) is 2.19. The summed E-state index contributed by atoms with van der Waals surface area (Å²) >= 11 is 5.57. The maximum atomic E-state index is 5.57. The Morgan fingerprint density at radius 2 is 2.07 bits per heavy atom. The van der Waals surface area contributed by atoms with E-state index in [-0.39, 0.29) is 0 Å². The Morgan fingerprint density at radius 1 is 1.29 bits per heavy atom. The van der Waals surface area contributed by atoms with Crippen LogP contribution in [0.4, 0.5) is 0 Å². The van der Waals surface area contributed by atoms with Crippen LogP contribution in [0.5, 0.6) is 5.75 Å². The van der Waals surface area contributed by atoms with Crippen LogP contribution in [0.2, 0.25) is 0 Å². The van der Waals surface area contributed by atoms with Gasteiger partial charge in [-0.25, -0.2) is 0 Å². The van der Waals surface area contributed by atoms with Crippen molar-refractivity contribution in [1.29, 1.82) is 0 Å². The standard InChI is InChI=1S/C12H15ClO/c1-14-12-9-5-4-8-11(12)7-3-2-6-10-13/h2-5,8-9H,6-7,10H2,1H3. The molecule has 1 nitrogen and oxygen atoms in total. The molecule has 1 rings (SSSR count). The summed E-state index contributed by atoms with van der Waals surface area (Å²) in [5.74, 6) is 1.63. The van der Waals surface area contributed by atoms with Gasteiger partial charge in [-0.1, -0.05) is 30.4 Å². The highest BCUT2D eigenvalue weighted by molar-refractivity contribution is 6.17. The average molecular weight is 211 g/mol. The normalized spacial score (nSPS) is 10.7. The molecule has 0 fully saturated rings. The van der Waals surface area contributed by atoms with E-state index < -0.39 is 0 Å². The summed E-state index contributed by atoms with van der Waals surface area (Å²) in [6.45, 7) is 0. The number of rotatable bonds is 5. The van der Waals surface area contributed by atoms with Gasteiger partial charge < -0.3 is 4.74 Å². The SMILES string of the molecule is COc1ccccc1CC=CCCCl. The molecule has 0 saturated carbocycles. The zero-order chi connectivity index (χ0) is 10.2. The molecule has 0 radical (unpaired) electrons. The molecule has 2 heteroatoms. The van der Waals surface area contributed by atoms with Crippen molar-refractivity contribution in [3.05, 3.63) is 42.0 Å². The van der Waals surface area contributed by atoms with Crippen LogP contribution >= 0.6 is 11.6 Å². The first-order valence-corrected chi connectivity index (χ1v) is 5.24. The Bertz CT molecular complexity index is 294. The summed E-state index contributed by atoms with van der Waals surface area (Å²) < 4.78 is 5.24. The largest absolute Gasteiger partial charge is 0.496 e. The Labute approximate surface area is 90.3 Å². The Kier molecular flexibility index (Phi) is 5.16. The fourth-order valence-electron chi connectivity index (χ4n) is 1.26. The number of benzene rings is 1. The molecule has 0 N–H and O–H groups in total. The van der Waals surface area contributed by atoms with Crippen molar-refractivity contribution in [2.75, 3.05) is 13.0 Å². The first kappa shape index (κ1) is 11.1. The zero-order valence-corrected chi connectivity index (χ0v) is 9.13. The van der Waals surface area contributed by atoms with Crippen molar-refractivity contribution in [3.8, 4) is 5.75 Å². The van der Waals surface area contributed by atoms with Gasteiger partial charge in [0.25, 0.3) is 0 Å². The predicted molar refractivity (Wildman–Crippen MR) is 61.2 cm³/mol. The molecule has 0 aliphatic carbocycles. The van der Waals surface area contributed by atoms with Crippen LogP contribution in [0.3, 0.4) is 0 Å². The number of halogens is 1. The van der Waals surface area contributed by atoms with E-state index in [1.54, 1.807) is 7.11 Å². The number of allylic oxidation sites excluding steroid dienone is 2. The lowest BCUT2D eigenvalue weighted by molar-refractivity contribution is 0.410. The van der Waals surface area contributed by atoms with Crippen molar-refractivity contribution >= 4 is 11.6 Å². The van der Waals surface area contributed by atoms with Crippen LogP contribution in [-0.2, 0) is 6.42 Å². The molecule has 76 valence electrons. The molecule has 0 unspecified atom stereocenters. The minimum Gasteiger partial charge on any atom is -0.496 e. The first-order chi connectivity index (χ1) is 6.88. The van der Waals surface area contributed by atoms with E-state index >= 15 is 0 Å². The highest BCUT2D eigenvalue weighted by Gasteiger charge is 1.97. The maximum Gasteiger partial charge on any atom is 0.122 e. The molecule has 0 aliphatic rings. The Morgan fingerprint density at radius 3 is 2.79 bits per heavy atom. The average Bonchev–Trinajstić information content (AvgIpc) is 2.25. The van der Waals surface area contributed by atoms with Gasteiger partial charge in [-0.15, -0.1) is 11.6 Å². The smallest absolute Gasteiger partial charge is 0.122 e. The zero-order valence-electron chi connectivity index (χ0n) is 8.37. The Hall–Kier alpha value is -0.950. The number of para-hydroxylation sites is 1. The minimum absolute atomic E-state index is 0.683. The lowest BCUT2D eigenvalue weighted by atomic mass is 10.1. The molecule has 0 amide bonds. The topological polar surface area (TPSA) is 9.23 Å². The van der Waals surface area contributed by atoms with Gasteiger partial charge >= 0.3 is 0 Å². The summed E-state index contributed by atoms with van der Waals surface area (Å²) in [6, 6.07) is 8.05. The van der Waals surface area contributed by atoms with Crippen LogP contribution in [0.15, 0.2) is 36.4 Å². The van der Waals surface area contributed by atoms with E-state index in [0.717, 1.165) is 18.6 Å². The second-order valence-electron chi connectivity index (χ2n) is 2.97. The van der Waals surface area contributed by atoms with Crippen LogP contribution in [-0.4, -0.2) is 13.0 Å². The van der Waals surface area contributed by atoms with Crippen LogP contribution in [0.25, 0.3) is 0 Å². The number of ether oxygens (including phenoxy) is 1. The summed E-state index contributed by atoms with van der Waals surface area (Å²) in [7, 11) is 1.70. The van der Waals surface area contributed by atoms with E-state index in [0.29, 0.717) is 5.88 Å². The fourth-order valence-corrected chi connectivity index (χ4v) is 1.39. The van der Waals surface area contributed by atoms with Crippen molar-refractivity contribution < 1.29 is 4.74 Å². The highest BCUT2D eigenvalue weighted by Crippen LogP contribution is 2.17. The van der Waals surface area contributed by atoms with Gasteiger partial charge in [-0.3, -0.25) is 0 Å². The van der Waals surface area contributed by atoms with Gasteiger partial charge in [0, 0.05) is 5.88 Å². The molecular weight excluding hydrogens is 196 g/mol. The van der Waals surface area contributed by atoms with E-state index in [2.05, 4.69) is 18.2 Å². The minimum atomic E-state index is 0.683. The quantitative estimate of drug-likeness (QED) is 0.535. The third kappa shape index (κ3) is 3.43. The van der Waals surface area contributed by atoms with Gasteiger partial charge in [0.05, 0.1) is 7.11 Å². The highest BCUT2D eigenvalue weighted by atomic mass is 35.5. The van der Waals surface area contributed by atoms with Crippen LogP contribution in [0.1, 0.15) is 12.0 Å². The maximum absolute atomic E-state index is 5.57. The molecule has 14 heavy (non-hydrogen) atoms. The molecule has 1 aromatic rings. The molecule has 1 aromatic carbocycles. The van der Waals surface area contributed by atoms with E-state index in [1.165, 1.54) is 5.56 Å².